The highest BCUT2D eigenvalue weighted by Crippen LogP contribution is 2.22. The van der Waals surface area contributed by atoms with E-state index in [0.29, 0.717) is 35.6 Å². The molecule has 3 rings (SSSR count). The minimum atomic E-state index is -0.356. The number of aromatic nitrogens is 2. The topological polar surface area (TPSA) is 96.4 Å². The van der Waals surface area contributed by atoms with Crippen LogP contribution in [0.2, 0.25) is 10.0 Å². The van der Waals surface area contributed by atoms with E-state index in [2.05, 4.69) is 10.4 Å². The summed E-state index contributed by atoms with van der Waals surface area (Å²) in [6, 6.07) is 6.33. The van der Waals surface area contributed by atoms with Gasteiger partial charge in [0.15, 0.2) is 0 Å². The Morgan fingerprint density at radius 3 is 2.43 bits per heavy atom. The summed E-state index contributed by atoms with van der Waals surface area (Å²) >= 11 is 11.9. The molecule has 1 aliphatic heterocycles. The summed E-state index contributed by atoms with van der Waals surface area (Å²) in [5.41, 5.74) is 0.741. The first-order chi connectivity index (χ1) is 14.3. The zero-order valence-electron chi connectivity index (χ0n) is 16.6. The molecular formula is C20H24Cl2N4O4. The molecule has 2 N–H and O–H groups in total. The highest BCUT2D eigenvalue weighted by atomic mass is 35.5. The Morgan fingerprint density at radius 1 is 1.17 bits per heavy atom. The molecule has 162 valence electrons. The van der Waals surface area contributed by atoms with Gasteiger partial charge in [-0.2, -0.15) is 0 Å². The van der Waals surface area contributed by atoms with Gasteiger partial charge in [-0.1, -0.05) is 23.2 Å². The van der Waals surface area contributed by atoms with Gasteiger partial charge in [-0.15, -0.1) is 0 Å². The predicted molar refractivity (Wildman–Crippen MR) is 114 cm³/mol. The molecule has 10 heteroatoms. The molecule has 8 nitrogen and oxygen atoms in total. The third-order valence-corrected chi connectivity index (χ3v) is 5.56. The second-order valence-corrected chi connectivity index (χ2v) is 8.25. The van der Waals surface area contributed by atoms with Gasteiger partial charge in [0, 0.05) is 42.8 Å². The van der Waals surface area contributed by atoms with Crippen molar-refractivity contribution in [2.45, 2.75) is 25.9 Å². The first-order valence-electron chi connectivity index (χ1n) is 9.72. The van der Waals surface area contributed by atoms with Crippen LogP contribution in [0, 0.1) is 5.92 Å². The minimum Gasteiger partial charge on any atom is -0.445 e. The van der Waals surface area contributed by atoms with Gasteiger partial charge in [-0.3, -0.25) is 19.4 Å². The molecule has 1 saturated heterocycles. The first-order valence-corrected chi connectivity index (χ1v) is 10.5. The fourth-order valence-electron chi connectivity index (χ4n) is 3.42. The van der Waals surface area contributed by atoms with Gasteiger partial charge in [-0.25, -0.2) is 4.79 Å². The van der Waals surface area contributed by atoms with Crippen LogP contribution in [-0.4, -0.2) is 46.3 Å². The van der Waals surface area contributed by atoms with Crippen LogP contribution < -0.4 is 10.9 Å². The smallest absolute Gasteiger partial charge is 0.410 e. The van der Waals surface area contributed by atoms with Crippen molar-refractivity contribution in [1.29, 1.82) is 0 Å². The average molecular weight is 455 g/mol. The molecule has 0 atom stereocenters. The van der Waals surface area contributed by atoms with Gasteiger partial charge in [0.1, 0.15) is 12.3 Å². The Bertz CT molecular complexity index is 944. The lowest BCUT2D eigenvalue weighted by Crippen LogP contribution is -2.39. The number of hydrogen-bond acceptors (Lipinski definition) is 4. The van der Waals surface area contributed by atoms with E-state index in [1.165, 1.54) is 10.7 Å². The number of benzene rings is 1. The summed E-state index contributed by atoms with van der Waals surface area (Å²) in [6.07, 6.45) is 2.14. The number of nitrogens with zero attached hydrogens (tertiary/aromatic N) is 2. The van der Waals surface area contributed by atoms with Crippen molar-refractivity contribution in [2.24, 2.45) is 13.0 Å². The summed E-state index contributed by atoms with van der Waals surface area (Å²) in [6.45, 7) is 1.85. The van der Waals surface area contributed by atoms with Gasteiger partial charge in [0.25, 0.3) is 11.5 Å². The van der Waals surface area contributed by atoms with Crippen molar-refractivity contribution in [3.8, 4) is 0 Å². The number of rotatable bonds is 6. The Labute approximate surface area is 184 Å². The van der Waals surface area contributed by atoms with Crippen LogP contribution >= 0.6 is 23.2 Å². The Kier molecular flexibility index (Phi) is 7.44. The predicted octanol–water partition coefficient (Wildman–Crippen LogP) is 3.19. The number of amides is 2. The number of halogens is 2. The molecule has 1 aliphatic rings. The highest BCUT2D eigenvalue weighted by Gasteiger charge is 2.24. The summed E-state index contributed by atoms with van der Waals surface area (Å²) in [7, 11) is 1.56. The number of carbonyl (C=O) groups is 2. The number of ether oxygens (including phenoxy) is 1. The third kappa shape index (κ3) is 6.03. The third-order valence-electron chi connectivity index (χ3n) is 5.13. The molecule has 0 spiro atoms. The maximum atomic E-state index is 12.3. The molecule has 2 aromatic rings. The number of aryl methyl sites for hydroxylation is 1. The summed E-state index contributed by atoms with van der Waals surface area (Å²) in [4.78, 5) is 37.4. The molecular weight excluding hydrogens is 431 g/mol. The maximum Gasteiger partial charge on any atom is 0.410 e. The molecule has 2 heterocycles. The molecule has 0 saturated carbocycles. The quantitative estimate of drug-likeness (QED) is 0.700. The summed E-state index contributed by atoms with van der Waals surface area (Å²) in [5.74, 6) is 0.116. The summed E-state index contributed by atoms with van der Waals surface area (Å²) in [5, 5.41) is 6.52. The van der Waals surface area contributed by atoms with E-state index in [1.54, 1.807) is 30.1 Å². The van der Waals surface area contributed by atoms with Crippen LogP contribution in [0.4, 0.5) is 4.79 Å². The Hall–Kier alpha value is -2.45. The molecule has 1 aromatic heterocycles. The second kappa shape index (κ2) is 10.0. The Morgan fingerprint density at radius 2 is 1.83 bits per heavy atom. The lowest BCUT2D eigenvalue weighted by molar-refractivity contribution is 0.0813. The molecule has 30 heavy (non-hydrogen) atoms. The number of aromatic amines is 1. The number of H-pyrrole nitrogens is 1. The van der Waals surface area contributed by atoms with Gasteiger partial charge in [0.05, 0.1) is 0 Å². The monoisotopic (exact) mass is 454 g/mol. The van der Waals surface area contributed by atoms with Crippen molar-refractivity contribution in [3.63, 3.8) is 0 Å². The molecule has 2 amide bonds. The van der Waals surface area contributed by atoms with E-state index in [4.69, 9.17) is 27.9 Å². The number of piperidine rings is 1. The molecule has 0 bridgehead atoms. The van der Waals surface area contributed by atoms with Crippen LogP contribution in [0.15, 0.2) is 29.1 Å². The SMILES string of the molecule is Cn1[nH]c(C(=O)NCCC2CCN(C(=O)OCc3cc(Cl)cc(Cl)c3)CC2)cc1=O. The van der Waals surface area contributed by atoms with Crippen molar-refractivity contribution < 1.29 is 14.3 Å². The van der Waals surface area contributed by atoms with Crippen molar-refractivity contribution in [3.05, 3.63) is 55.9 Å². The summed E-state index contributed by atoms with van der Waals surface area (Å²) < 4.78 is 6.62. The maximum absolute atomic E-state index is 12.3. The molecule has 1 aromatic carbocycles. The molecule has 0 radical (unpaired) electrons. The van der Waals surface area contributed by atoms with Crippen LogP contribution in [0.3, 0.4) is 0 Å². The number of likely N-dealkylation sites (tertiary alicyclic amines) is 1. The van der Waals surface area contributed by atoms with Crippen molar-refractivity contribution >= 4 is 35.2 Å². The van der Waals surface area contributed by atoms with Gasteiger partial charge < -0.3 is 15.0 Å². The minimum absolute atomic E-state index is 0.118. The van der Waals surface area contributed by atoms with E-state index in [1.807, 2.05) is 0 Å². The van der Waals surface area contributed by atoms with E-state index >= 15 is 0 Å². The largest absolute Gasteiger partial charge is 0.445 e. The van der Waals surface area contributed by atoms with E-state index < -0.39 is 0 Å². The van der Waals surface area contributed by atoms with Crippen LogP contribution in [0.1, 0.15) is 35.3 Å². The zero-order valence-corrected chi connectivity index (χ0v) is 18.1. The fraction of sp³-hybridized carbons (Fsp3) is 0.450. The number of nitrogens with one attached hydrogen (secondary N) is 2. The lowest BCUT2D eigenvalue weighted by atomic mass is 9.94. The average Bonchev–Trinajstić information content (AvgIpc) is 3.04. The molecule has 0 unspecified atom stereocenters. The highest BCUT2D eigenvalue weighted by molar-refractivity contribution is 6.34. The van der Waals surface area contributed by atoms with E-state index in [0.717, 1.165) is 24.8 Å². The van der Waals surface area contributed by atoms with Crippen LogP contribution in [-0.2, 0) is 18.4 Å². The molecule has 1 fully saturated rings. The standard InChI is InChI=1S/C20H24Cl2N4O4/c1-25-18(27)11-17(24-25)19(28)23-5-2-13-3-6-26(7-4-13)20(29)30-12-14-8-15(21)10-16(22)9-14/h8-11,13,24H,2-7,12H2,1H3,(H,23,28). The van der Waals surface area contributed by atoms with E-state index in [9.17, 15) is 14.4 Å². The van der Waals surface area contributed by atoms with E-state index in [-0.39, 0.29) is 29.9 Å². The lowest BCUT2D eigenvalue weighted by Gasteiger charge is -2.31. The van der Waals surface area contributed by atoms with Gasteiger partial charge in [0.2, 0.25) is 0 Å². The van der Waals surface area contributed by atoms with Crippen molar-refractivity contribution in [2.75, 3.05) is 19.6 Å². The Balaban J connectivity index is 1.36. The first kappa shape index (κ1) is 22.2. The number of hydrogen-bond donors (Lipinski definition) is 2. The normalized spacial score (nSPS) is 14.6. The van der Waals surface area contributed by atoms with Crippen LogP contribution in [0.5, 0.6) is 0 Å². The second-order valence-electron chi connectivity index (χ2n) is 7.37. The number of carbonyl (C=O) groups excluding carboxylic acids is 2. The molecule has 0 aliphatic carbocycles. The van der Waals surface area contributed by atoms with Crippen LogP contribution in [0.25, 0.3) is 0 Å². The van der Waals surface area contributed by atoms with Gasteiger partial charge >= 0.3 is 6.09 Å². The zero-order chi connectivity index (χ0) is 21.7. The fourth-order valence-corrected chi connectivity index (χ4v) is 4.00. The van der Waals surface area contributed by atoms with Gasteiger partial charge in [-0.05, 0) is 48.9 Å². The van der Waals surface area contributed by atoms with Crippen molar-refractivity contribution in [1.82, 2.24) is 20.0 Å².